The summed E-state index contributed by atoms with van der Waals surface area (Å²) in [5.74, 6) is 0.653. The van der Waals surface area contributed by atoms with Gasteiger partial charge in [-0.05, 0) is 74.9 Å². The molecule has 1 aliphatic rings. The van der Waals surface area contributed by atoms with Gasteiger partial charge in [-0.3, -0.25) is 9.36 Å². The highest BCUT2D eigenvalue weighted by Gasteiger charge is 2.33. The third-order valence-corrected chi connectivity index (χ3v) is 9.22. The molecule has 7 nitrogen and oxygen atoms in total. The summed E-state index contributed by atoms with van der Waals surface area (Å²) in [6.07, 6.45) is 2.34. The molecule has 0 saturated carbocycles. The first-order chi connectivity index (χ1) is 21.9. The molecule has 0 spiro atoms. The lowest BCUT2D eigenvalue weighted by atomic mass is 9.95. The normalized spacial score (nSPS) is 14.7. The molecule has 6 rings (SSSR count). The van der Waals surface area contributed by atoms with Gasteiger partial charge < -0.3 is 14.2 Å². The van der Waals surface area contributed by atoms with E-state index in [0.29, 0.717) is 56.2 Å². The zero-order chi connectivity index (χ0) is 31.5. The number of ether oxygens (including phenoxy) is 3. The van der Waals surface area contributed by atoms with Crippen molar-refractivity contribution in [2.75, 3.05) is 13.7 Å². The molecule has 0 bridgehead atoms. The zero-order valence-electron chi connectivity index (χ0n) is 25.1. The second-order valence-corrected chi connectivity index (χ2v) is 12.3. The summed E-state index contributed by atoms with van der Waals surface area (Å²) in [4.78, 5) is 32.3. The van der Waals surface area contributed by atoms with E-state index < -0.39 is 12.0 Å². The molecule has 228 valence electrons. The highest BCUT2D eigenvalue weighted by Crippen LogP contribution is 2.38. The van der Waals surface area contributed by atoms with Crippen molar-refractivity contribution in [3.05, 3.63) is 137 Å². The van der Waals surface area contributed by atoms with Crippen molar-refractivity contribution in [3.8, 4) is 11.5 Å². The van der Waals surface area contributed by atoms with Crippen LogP contribution in [0.1, 0.15) is 43.0 Å². The molecule has 1 aliphatic heterocycles. The SMILES string of the molecule is CCOc1cc(/C=c2/sc3n(c2=O)[C@@H](c2ccccc2)C(C(=O)OC)=C(CC)N=3)cc(Br)c1OCc1cccc2ccccc12. The van der Waals surface area contributed by atoms with Crippen molar-refractivity contribution in [3.63, 3.8) is 0 Å². The number of rotatable bonds is 9. The van der Waals surface area contributed by atoms with Crippen LogP contribution in [0.15, 0.2) is 110 Å². The van der Waals surface area contributed by atoms with E-state index >= 15 is 0 Å². The molecular formula is C36H31BrN2O5S. The lowest BCUT2D eigenvalue weighted by molar-refractivity contribution is -0.136. The molecule has 4 aromatic carbocycles. The molecule has 2 heterocycles. The fourth-order valence-electron chi connectivity index (χ4n) is 5.61. The quantitative estimate of drug-likeness (QED) is 0.162. The van der Waals surface area contributed by atoms with Gasteiger partial charge in [0.15, 0.2) is 16.3 Å². The Labute approximate surface area is 272 Å². The van der Waals surface area contributed by atoms with Gasteiger partial charge in [-0.25, -0.2) is 9.79 Å². The molecule has 0 radical (unpaired) electrons. The van der Waals surface area contributed by atoms with E-state index in [1.807, 2.05) is 80.6 Å². The second kappa shape index (κ2) is 13.3. The summed E-state index contributed by atoms with van der Waals surface area (Å²) in [5, 5.41) is 2.29. The molecule has 1 aromatic heterocycles. The van der Waals surface area contributed by atoms with Gasteiger partial charge in [0.05, 0.1) is 40.0 Å². The number of allylic oxidation sites excluding steroid dienone is 1. The van der Waals surface area contributed by atoms with Gasteiger partial charge in [0.2, 0.25) is 0 Å². The number of hydrogen-bond donors (Lipinski definition) is 0. The maximum atomic E-state index is 14.0. The molecular weight excluding hydrogens is 652 g/mol. The highest BCUT2D eigenvalue weighted by molar-refractivity contribution is 9.10. The number of nitrogens with zero attached hydrogens (tertiary/aromatic N) is 2. The molecule has 0 unspecified atom stereocenters. The van der Waals surface area contributed by atoms with Crippen LogP contribution in [0.5, 0.6) is 11.5 Å². The van der Waals surface area contributed by atoms with E-state index in [-0.39, 0.29) is 5.56 Å². The minimum atomic E-state index is -0.650. The van der Waals surface area contributed by atoms with E-state index in [2.05, 4.69) is 40.2 Å². The Balaban J connectivity index is 1.42. The number of benzene rings is 4. The molecule has 0 saturated heterocycles. The highest BCUT2D eigenvalue weighted by atomic mass is 79.9. The van der Waals surface area contributed by atoms with Crippen LogP contribution in [0.25, 0.3) is 16.8 Å². The average molecular weight is 684 g/mol. The number of fused-ring (bicyclic) bond motifs is 2. The van der Waals surface area contributed by atoms with Gasteiger partial charge in [0, 0.05) is 0 Å². The van der Waals surface area contributed by atoms with Gasteiger partial charge in [0.1, 0.15) is 6.61 Å². The predicted octanol–water partition coefficient (Wildman–Crippen LogP) is 6.69. The number of halogens is 1. The van der Waals surface area contributed by atoms with E-state index in [0.717, 1.165) is 27.5 Å². The lowest BCUT2D eigenvalue weighted by Crippen LogP contribution is -2.40. The fraction of sp³-hybridized carbons (Fsp3) is 0.194. The molecule has 1 atom stereocenters. The summed E-state index contributed by atoms with van der Waals surface area (Å²) in [7, 11) is 1.35. The van der Waals surface area contributed by atoms with Crippen molar-refractivity contribution in [2.24, 2.45) is 4.99 Å². The van der Waals surface area contributed by atoms with E-state index in [1.54, 1.807) is 4.57 Å². The second-order valence-electron chi connectivity index (χ2n) is 10.4. The number of carbonyl (C=O) groups excluding carboxylic acids is 1. The van der Waals surface area contributed by atoms with E-state index in [1.165, 1.54) is 18.4 Å². The van der Waals surface area contributed by atoms with Crippen molar-refractivity contribution >= 4 is 50.1 Å². The van der Waals surface area contributed by atoms with Crippen LogP contribution in [0.4, 0.5) is 0 Å². The molecule has 0 aliphatic carbocycles. The summed E-state index contributed by atoms with van der Waals surface area (Å²) >= 11 is 4.98. The topological polar surface area (TPSA) is 79.1 Å². The predicted molar refractivity (Wildman–Crippen MR) is 180 cm³/mol. The molecule has 0 N–H and O–H groups in total. The molecule has 0 fully saturated rings. The van der Waals surface area contributed by atoms with Crippen LogP contribution < -0.4 is 24.4 Å². The van der Waals surface area contributed by atoms with Crippen molar-refractivity contribution in [1.29, 1.82) is 0 Å². The Morgan fingerprint density at radius 1 is 1.00 bits per heavy atom. The van der Waals surface area contributed by atoms with Crippen LogP contribution in [0.3, 0.4) is 0 Å². The van der Waals surface area contributed by atoms with E-state index in [9.17, 15) is 9.59 Å². The van der Waals surface area contributed by atoms with E-state index in [4.69, 9.17) is 19.2 Å². The van der Waals surface area contributed by atoms with Crippen molar-refractivity contribution < 1.29 is 19.0 Å². The summed E-state index contributed by atoms with van der Waals surface area (Å²) in [6.45, 7) is 4.66. The number of esters is 1. The zero-order valence-corrected chi connectivity index (χ0v) is 27.5. The Hall–Kier alpha value is -4.47. The maximum absolute atomic E-state index is 14.0. The van der Waals surface area contributed by atoms with Crippen molar-refractivity contribution in [1.82, 2.24) is 4.57 Å². The summed E-state index contributed by atoms with van der Waals surface area (Å²) in [6, 6.07) is 27.0. The molecule has 45 heavy (non-hydrogen) atoms. The Morgan fingerprint density at radius 2 is 1.76 bits per heavy atom. The monoisotopic (exact) mass is 682 g/mol. The Morgan fingerprint density at radius 3 is 2.51 bits per heavy atom. The van der Waals surface area contributed by atoms with Crippen LogP contribution in [-0.2, 0) is 16.1 Å². The van der Waals surface area contributed by atoms with Gasteiger partial charge in [-0.2, -0.15) is 0 Å². The summed E-state index contributed by atoms with van der Waals surface area (Å²) < 4.78 is 20.3. The maximum Gasteiger partial charge on any atom is 0.338 e. The first-order valence-electron chi connectivity index (χ1n) is 14.7. The summed E-state index contributed by atoms with van der Waals surface area (Å²) in [5.41, 5.74) is 3.37. The number of carbonyl (C=O) groups is 1. The minimum Gasteiger partial charge on any atom is -0.490 e. The smallest absolute Gasteiger partial charge is 0.338 e. The van der Waals surface area contributed by atoms with Crippen LogP contribution in [-0.4, -0.2) is 24.3 Å². The lowest BCUT2D eigenvalue weighted by Gasteiger charge is -2.25. The molecule has 5 aromatic rings. The first kappa shape index (κ1) is 30.6. The fourth-order valence-corrected chi connectivity index (χ4v) is 7.20. The Bertz CT molecular complexity index is 2110. The number of aromatic nitrogens is 1. The largest absolute Gasteiger partial charge is 0.490 e. The first-order valence-corrected chi connectivity index (χ1v) is 16.3. The standard InChI is InChI=1S/C36H31BrN2O5S/c1-4-28-31(35(41)42-3)32(24-13-7-6-8-14-24)39-34(40)30(45-36(39)38-28)20-22-18-27(37)33(29(19-22)43-5-2)44-21-25-16-11-15-23-12-9-10-17-26(23)25/h6-20,32H,4-5,21H2,1-3H3/b30-20+/t32-/m0/s1. The Kier molecular flexibility index (Phi) is 9.00. The van der Waals surface area contributed by atoms with Gasteiger partial charge in [-0.15, -0.1) is 0 Å². The van der Waals surface area contributed by atoms with Gasteiger partial charge in [-0.1, -0.05) is 91.1 Å². The third-order valence-electron chi connectivity index (χ3n) is 7.65. The van der Waals surface area contributed by atoms with Gasteiger partial charge >= 0.3 is 5.97 Å². The number of methoxy groups -OCH3 is 1. The van der Waals surface area contributed by atoms with Crippen LogP contribution in [0.2, 0.25) is 0 Å². The van der Waals surface area contributed by atoms with Crippen LogP contribution in [0, 0.1) is 0 Å². The van der Waals surface area contributed by atoms with Gasteiger partial charge in [0.25, 0.3) is 5.56 Å². The van der Waals surface area contributed by atoms with Crippen molar-refractivity contribution in [2.45, 2.75) is 32.9 Å². The number of thiazole rings is 1. The number of hydrogen-bond acceptors (Lipinski definition) is 7. The average Bonchev–Trinajstić information content (AvgIpc) is 3.37. The minimum absolute atomic E-state index is 0.241. The molecule has 9 heteroatoms. The third kappa shape index (κ3) is 5.98. The molecule has 0 amide bonds. The van der Waals surface area contributed by atoms with Crippen LogP contribution >= 0.6 is 27.3 Å².